The van der Waals surface area contributed by atoms with Crippen molar-refractivity contribution in [3.05, 3.63) is 33.9 Å². The van der Waals surface area contributed by atoms with Gasteiger partial charge in [-0.2, -0.15) is 0 Å². The summed E-state index contributed by atoms with van der Waals surface area (Å²) in [7, 11) is 1.36. The van der Waals surface area contributed by atoms with Crippen LogP contribution in [0.15, 0.2) is 18.2 Å². The van der Waals surface area contributed by atoms with E-state index in [1.54, 1.807) is 0 Å². The molecule has 0 heterocycles. The van der Waals surface area contributed by atoms with Gasteiger partial charge >= 0.3 is 5.69 Å². The standard InChI is InChI=1S/C14H19IN2O4/c1-21-13-7-6-11(10-12(13)17(19)20)14(18)16-9-5-3-2-4-8-15/h6-7,10H,2-5,8-9H2,1H3,(H,16,18). The first-order chi connectivity index (χ1) is 10.1. The smallest absolute Gasteiger partial charge is 0.311 e. The van der Waals surface area contributed by atoms with E-state index in [4.69, 9.17) is 4.74 Å². The van der Waals surface area contributed by atoms with Crippen LogP contribution in [0.3, 0.4) is 0 Å². The van der Waals surface area contributed by atoms with E-state index < -0.39 is 4.92 Å². The number of benzene rings is 1. The molecule has 0 saturated carbocycles. The van der Waals surface area contributed by atoms with E-state index >= 15 is 0 Å². The van der Waals surface area contributed by atoms with E-state index in [-0.39, 0.29) is 22.9 Å². The third kappa shape index (κ3) is 5.86. The summed E-state index contributed by atoms with van der Waals surface area (Å²) in [6.07, 6.45) is 4.35. The molecule has 0 aliphatic heterocycles. The molecular formula is C14H19IN2O4. The highest BCUT2D eigenvalue weighted by Crippen LogP contribution is 2.27. The number of nitrogens with one attached hydrogen (secondary N) is 1. The minimum Gasteiger partial charge on any atom is -0.490 e. The lowest BCUT2D eigenvalue weighted by molar-refractivity contribution is -0.385. The first-order valence-electron chi connectivity index (χ1n) is 6.76. The van der Waals surface area contributed by atoms with Crippen molar-refractivity contribution in [1.82, 2.24) is 5.32 Å². The van der Waals surface area contributed by atoms with Crippen LogP contribution in [0.1, 0.15) is 36.0 Å². The lowest BCUT2D eigenvalue weighted by Crippen LogP contribution is -2.24. The molecule has 1 N–H and O–H groups in total. The summed E-state index contributed by atoms with van der Waals surface area (Å²) in [5.74, 6) is -0.148. The molecule has 0 fully saturated rings. The summed E-state index contributed by atoms with van der Waals surface area (Å²) in [5.41, 5.74) is 0.0713. The molecule has 0 aliphatic rings. The van der Waals surface area contributed by atoms with Gasteiger partial charge in [-0.25, -0.2) is 0 Å². The van der Waals surface area contributed by atoms with Crippen molar-refractivity contribution in [3.8, 4) is 5.75 Å². The van der Waals surface area contributed by atoms with Gasteiger partial charge in [0.2, 0.25) is 0 Å². The summed E-state index contributed by atoms with van der Waals surface area (Å²) in [6, 6.07) is 4.20. The lowest BCUT2D eigenvalue weighted by Gasteiger charge is -2.06. The summed E-state index contributed by atoms with van der Waals surface area (Å²) in [4.78, 5) is 22.3. The number of nitro benzene ring substituents is 1. The molecule has 0 bridgehead atoms. The predicted molar refractivity (Wildman–Crippen MR) is 89.3 cm³/mol. The maximum atomic E-state index is 11.9. The van der Waals surface area contributed by atoms with Crippen LogP contribution in [0.5, 0.6) is 5.75 Å². The Balaban J connectivity index is 2.54. The number of hydrogen-bond acceptors (Lipinski definition) is 4. The van der Waals surface area contributed by atoms with Crippen LogP contribution in [0.25, 0.3) is 0 Å². The van der Waals surface area contributed by atoms with Gasteiger partial charge in [0.1, 0.15) is 0 Å². The van der Waals surface area contributed by atoms with Crippen molar-refractivity contribution in [1.29, 1.82) is 0 Å². The predicted octanol–water partition coefficient (Wildman–Crippen LogP) is 3.33. The topological polar surface area (TPSA) is 81.5 Å². The second kappa shape index (κ2) is 9.54. The van der Waals surface area contributed by atoms with Crippen molar-refractivity contribution in [2.75, 3.05) is 18.1 Å². The zero-order valence-corrected chi connectivity index (χ0v) is 14.1. The Bertz CT molecular complexity index is 494. The molecule has 0 spiro atoms. The summed E-state index contributed by atoms with van der Waals surface area (Å²) < 4.78 is 6.06. The Labute approximate surface area is 137 Å². The number of amides is 1. The number of nitrogens with zero attached hydrogens (tertiary/aromatic N) is 1. The number of rotatable bonds is 9. The number of carbonyl (C=O) groups excluding carboxylic acids is 1. The Morgan fingerprint density at radius 3 is 2.67 bits per heavy atom. The molecule has 7 heteroatoms. The molecule has 0 aliphatic carbocycles. The van der Waals surface area contributed by atoms with E-state index in [0.717, 1.165) is 23.7 Å². The molecule has 1 rings (SSSR count). The molecule has 1 aromatic carbocycles. The number of unbranched alkanes of at least 4 members (excludes halogenated alkanes) is 3. The first-order valence-corrected chi connectivity index (χ1v) is 8.29. The van der Waals surface area contributed by atoms with Crippen molar-refractivity contribution < 1.29 is 14.5 Å². The Hall–Kier alpha value is -1.38. The van der Waals surface area contributed by atoms with E-state index in [1.165, 1.54) is 31.7 Å². The quantitative estimate of drug-likeness (QED) is 0.224. The van der Waals surface area contributed by atoms with Gasteiger partial charge in [0.25, 0.3) is 5.91 Å². The number of nitro groups is 1. The van der Waals surface area contributed by atoms with Gasteiger partial charge in [0.15, 0.2) is 5.75 Å². The van der Waals surface area contributed by atoms with Crippen LogP contribution in [0, 0.1) is 10.1 Å². The normalized spacial score (nSPS) is 10.2. The summed E-state index contributed by atoms with van der Waals surface area (Å²) in [6.45, 7) is 0.583. The molecule has 0 radical (unpaired) electrons. The lowest BCUT2D eigenvalue weighted by atomic mass is 10.1. The van der Waals surface area contributed by atoms with Crippen molar-refractivity contribution in [2.24, 2.45) is 0 Å². The number of hydrogen-bond donors (Lipinski definition) is 1. The van der Waals surface area contributed by atoms with E-state index in [2.05, 4.69) is 27.9 Å². The van der Waals surface area contributed by atoms with Crippen LogP contribution >= 0.6 is 22.6 Å². The van der Waals surface area contributed by atoms with E-state index in [1.807, 2.05) is 0 Å². The Morgan fingerprint density at radius 2 is 2.05 bits per heavy atom. The zero-order chi connectivity index (χ0) is 15.7. The van der Waals surface area contributed by atoms with Gasteiger partial charge in [0, 0.05) is 18.2 Å². The molecule has 21 heavy (non-hydrogen) atoms. The van der Waals surface area contributed by atoms with Crippen molar-refractivity contribution in [3.63, 3.8) is 0 Å². The molecule has 1 aromatic rings. The Kier molecular flexibility index (Phi) is 8.03. The molecule has 0 unspecified atom stereocenters. The largest absolute Gasteiger partial charge is 0.490 e. The summed E-state index contributed by atoms with van der Waals surface area (Å²) >= 11 is 2.35. The average Bonchev–Trinajstić information content (AvgIpc) is 2.49. The first kappa shape index (κ1) is 17.7. The SMILES string of the molecule is COc1ccc(C(=O)NCCCCCCI)cc1[N+](=O)[O-]. The van der Waals surface area contributed by atoms with Gasteiger partial charge in [0.05, 0.1) is 12.0 Å². The minimum absolute atomic E-state index is 0.148. The fourth-order valence-electron chi connectivity index (χ4n) is 1.85. The highest BCUT2D eigenvalue weighted by atomic mass is 127. The van der Waals surface area contributed by atoms with Gasteiger partial charge in [-0.3, -0.25) is 14.9 Å². The van der Waals surface area contributed by atoms with Gasteiger partial charge in [-0.1, -0.05) is 35.4 Å². The van der Waals surface area contributed by atoms with Crippen molar-refractivity contribution in [2.45, 2.75) is 25.7 Å². The molecular weight excluding hydrogens is 387 g/mol. The fraction of sp³-hybridized carbons (Fsp3) is 0.500. The van der Waals surface area contributed by atoms with E-state index in [0.29, 0.717) is 6.54 Å². The van der Waals surface area contributed by atoms with E-state index in [9.17, 15) is 14.9 Å². The third-order valence-electron chi connectivity index (χ3n) is 2.98. The number of halogens is 1. The fourth-order valence-corrected chi connectivity index (χ4v) is 2.39. The highest BCUT2D eigenvalue weighted by molar-refractivity contribution is 14.1. The molecule has 1 amide bonds. The number of methoxy groups -OCH3 is 1. The number of carbonyl (C=O) groups is 1. The maximum absolute atomic E-state index is 11.9. The van der Waals surface area contributed by atoms with Gasteiger partial charge in [-0.05, 0) is 29.4 Å². The molecule has 0 atom stereocenters. The second-order valence-corrected chi connectivity index (χ2v) is 5.58. The zero-order valence-electron chi connectivity index (χ0n) is 11.9. The average molecular weight is 406 g/mol. The minimum atomic E-state index is -0.556. The third-order valence-corrected chi connectivity index (χ3v) is 3.75. The van der Waals surface area contributed by atoms with Gasteiger partial charge in [-0.15, -0.1) is 0 Å². The monoisotopic (exact) mass is 406 g/mol. The molecule has 116 valence electrons. The number of ether oxygens (including phenoxy) is 1. The highest BCUT2D eigenvalue weighted by Gasteiger charge is 2.17. The van der Waals surface area contributed by atoms with Crippen LogP contribution < -0.4 is 10.1 Å². The second-order valence-electron chi connectivity index (χ2n) is 4.50. The van der Waals surface area contributed by atoms with Crippen LogP contribution in [-0.2, 0) is 0 Å². The van der Waals surface area contributed by atoms with Crippen molar-refractivity contribution >= 4 is 34.2 Å². The number of alkyl halides is 1. The molecule has 6 nitrogen and oxygen atoms in total. The Morgan fingerprint density at radius 1 is 1.33 bits per heavy atom. The van der Waals surface area contributed by atoms with Crippen LogP contribution in [0.4, 0.5) is 5.69 Å². The molecule has 0 saturated heterocycles. The maximum Gasteiger partial charge on any atom is 0.311 e. The molecule has 0 aromatic heterocycles. The van der Waals surface area contributed by atoms with Crippen LogP contribution in [0.2, 0.25) is 0 Å². The summed E-state index contributed by atoms with van der Waals surface area (Å²) in [5, 5.41) is 13.7. The van der Waals surface area contributed by atoms with Gasteiger partial charge < -0.3 is 10.1 Å². The van der Waals surface area contributed by atoms with Crippen LogP contribution in [-0.4, -0.2) is 28.9 Å².